The van der Waals surface area contributed by atoms with Gasteiger partial charge in [0.1, 0.15) is 5.75 Å². The summed E-state index contributed by atoms with van der Waals surface area (Å²) in [5, 5.41) is 7.10. The molecule has 1 atom stereocenters. The number of carbonyl (C=O) groups excluding carboxylic acids is 2. The Hall–Kier alpha value is -2.83. The highest BCUT2D eigenvalue weighted by molar-refractivity contribution is 6.20. The topological polar surface area (TPSA) is 76.5 Å². The predicted molar refractivity (Wildman–Crippen MR) is 94.8 cm³/mol. The van der Waals surface area contributed by atoms with E-state index in [1.54, 1.807) is 22.7 Å². The van der Waals surface area contributed by atoms with Crippen LogP contribution in [-0.4, -0.2) is 33.7 Å². The molecule has 0 saturated carbocycles. The number of aromatic nitrogens is 2. The quantitative estimate of drug-likeness (QED) is 0.868. The van der Waals surface area contributed by atoms with E-state index in [0.717, 1.165) is 5.69 Å². The lowest BCUT2D eigenvalue weighted by molar-refractivity contribution is -0.145. The molecular formula is C18H22N4O3. The van der Waals surface area contributed by atoms with Crippen LogP contribution in [0.5, 0.6) is 5.75 Å². The van der Waals surface area contributed by atoms with Gasteiger partial charge < -0.3 is 15.0 Å². The van der Waals surface area contributed by atoms with Crippen molar-refractivity contribution in [1.29, 1.82) is 0 Å². The maximum absolute atomic E-state index is 13.0. The van der Waals surface area contributed by atoms with Gasteiger partial charge in [-0.05, 0) is 39.8 Å². The van der Waals surface area contributed by atoms with Crippen LogP contribution in [0.25, 0.3) is 0 Å². The zero-order chi connectivity index (χ0) is 18.4. The molecule has 0 radical (unpaired) electrons. The van der Waals surface area contributed by atoms with Crippen molar-refractivity contribution in [2.24, 2.45) is 7.05 Å². The van der Waals surface area contributed by atoms with Crippen LogP contribution in [0, 0.1) is 13.8 Å². The number of benzene rings is 1. The lowest BCUT2D eigenvalue weighted by atomic mass is 9.99. The number of rotatable bonds is 3. The van der Waals surface area contributed by atoms with E-state index in [4.69, 9.17) is 4.74 Å². The highest BCUT2D eigenvalue weighted by Crippen LogP contribution is 2.38. The second-order valence-electron chi connectivity index (χ2n) is 6.28. The average molecular weight is 342 g/mol. The standard InChI is InChI=1S/C18H22N4O3/c1-6-22-13-9-7-8-10-14(13)25-18(4,17(22)24)16(23)19-15-11(2)20-21(5)12(15)3/h7-10H,6H2,1-5H3,(H,19,23). The maximum Gasteiger partial charge on any atom is 0.280 e. The predicted octanol–water partition coefficient (Wildman–Crippen LogP) is 2.18. The second kappa shape index (κ2) is 5.91. The van der Waals surface area contributed by atoms with Crippen LogP contribution in [0.4, 0.5) is 11.4 Å². The molecule has 132 valence electrons. The third-order valence-electron chi connectivity index (χ3n) is 4.62. The van der Waals surface area contributed by atoms with Gasteiger partial charge in [-0.25, -0.2) is 0 Å². The second-order valence-corrected chi connectivity index (χ2v) is 6.28. The van der Waals surface area contributed by atoms with E-state index in [9.17, 15) is 9.59 Å². The Kier molecular flexibility index (Phi) is 4.02. The number of amides is 2. The highest BCUT2D eigenvalue weighted by Gasteiger charge is 2.50. The molecule has 7 heteroatoms. The van der Waals surface area contributed by atoms with Gasteiger partial charge in [0.05, 0.1) is 22.8 Å². The summed E-state index contributed by atoms with van der Waals surface area (Å²) in [6, 6.07) is 7.22. The zero-order valence-corrected chi connectivity index (χ0v) is 15.1. The number of para-hydroxylation sites is 2. The summed E-state index contributed by atoms with van der Waals surface area (Å²) in [6.07, 6.45) is 0. The first-order chi connectivity index (χ1) is 11.8. The molecule has 1 aliphatic rings. The van der Waals surface area contributed by atoms with Crippen molar-refractivity contribution in [2.45, 2.75) is 33.3 Å². The van der Waals surface area contributed by atoms with Crippen molar-refractivity contribution in [3.05, 3.63) is 35.7 Å². The molecule has 3 rings (SSSR count). The summed E-state index contributed by atoms with van der Waals surface area (Å²) >= 11 is 0. The fourth-order valence-electron chi connectivity index (χ4n) is 3.04. The molecule has 1 aliphatic heterocycles. The van der Waals surface area contributed by atoms with Gasteiger partial charge >= 0.3 is 0 Å². The van der Waals surface area contributed by atoms with Crippen LogP contribution >= 0.6 is 0 Å². The summed E-state index contributed by atoms with van der Waals surface area (Å²) in [6.45, 7) is 7.49. The van der Waals surface area contributed by atoms with Gasteiger partial charge in [-0.3, -0.25) is 14.3 Å². The minimum absolute atomic E-state index is 0.384. The molecule has 2 amide bonds. The molecule has 1 N–H and O–H groups in total. The third kappa shape index (κ3) is 2.56. The highest BCUT2D eigenvalue weighted by atomic mass is 16.5. The molecule has 0 fully saturated rings. The minimum Gasteiger partial charge on any atom is -0.465 e. The van der Waals surface area contributed by atoms with Crippen molar-refractivity contribution in [3.63, 3.8) is 0 Å². The monoisotopic (exact) mass is 342 g/mol. The number of aryl methyl sites for hydroxylation is 2. The summed E-state index contributed by atoms with van der Waals surface area (Å²) in [5.74, 6) is -0.378. The number of ether oxygens (including phenoxy) is 1. The molecule has 1 unspecified atom stereocenters. The van der Waals surface area contributed by atoms with Crippen molar-refractivity contribution in [3.8, 4) is 5.75 Å². The molecule has 7 nitrogen and oxygen atoms in total. The molecule has 2 heterocycles. The van der Waals surface area contributed by atoms with Crippen molar-refractivity contribution < 1.29 is 14.3 Å². The SMILES string of the molecule is CCN1C(=O)C(C)(C(=O)Nc2c(C)nn(C)c2C)Oc2ccccc21. The largest absolute Gasteiger partial charge is 0.465 e. The molecule has 1 aromatic heterocycles. The Labute approximate surface area is 146 Å². The fourth-order valence-corrected chi connectivity index (χ4v) is 3.04. The van der Waals surface area contributed by atoms with Gasteiger partial charge in [-0.15, -0.1) is 0 Å². The zero-order valence-electron chi connectivity index (χ0n) is 15.1. The number of likely N-dealkylation sites (N-methyl/N-ethyl adjacent to an activating group) is 1. The Morgan fingerprint density at radius 1 is 1.32 bits per heavy atom. The van der Waals surface area contributed by atoms with Gasteiger partial charge in [-0.1, -0.05) is 12.1 Å². The van der Waals surface area contributed by atoms with Crippen molar-refractivity contribution in [2.75, 3.05) is 16.8 Å². The van der Waals surface area contributed by atoms with Crippen LogP contribution in [0.1, 0.15) is 25.2 Å². The van der Waals surface area contributed by atoms with E-state index in [-0.39, 0.29) is 5.91 Å². The lowest BCUT2D eigenvalue weighted by Gasteiger charge is -2.39. The number of hydrogen-bond donors (Lipinski definition) is 1. The molecule has 1 aromatic carbocycles. The van der Waals surface area contributed by atoms with E-state index < -0.39 is 11.5 Å². The number of carbonyl (C=O) groups is 2. The van der Waals surface area contributed by atoms with Crippen molar-refractivity contribution in [1.82, 2.24) is 9.78 Å². The summed E-state index contributed by atoms with van der Waals surface area (Å²) < 4.78 is 7.54. The average Bonchev–Trinajstić information content (AvgIpc) is 2.82. The number of fused-ring (bicyclic) bond motifs is 1. The Balaban J connectivity index is 1.98. The molecule has 0 bridgehead atoms. The smallest absolute Gasteiger partial charge is 0.280 e. The van der Waals surface area contributed by atoms with E-state index in [2.05, 4.69) is 10.4 Å². The van der Waals surface area contributed by atoms with Gasteiger partial charge in [0.15, 0.2) is 0 Å². The Morgan fingerprint density at radius 3 is 2.60 bits per heavy atom. The first kappa shape index (κ1) is 17.0. The van der Waals surface area contributed by atoms with E-state index in [0.29, 0.717) is 29.4 Å². The Bertz CT molecular complexity index is 858. The van der Waals surface area contributed by atoms with E-state index in [1.807, 2.05) is 39.0 Å². The molecular weight excluding hydrogens is 320 g/mol. The first-order valence-corrected chi connectivity index (χ1v) is 8.21. The molecule has 0 saturated heterocycles. The number of anilines is 2. The third-order valence-corrected chi connectivity index (χ3v) is 4.62. The summed E-state index contributed by atoms with van der Waals surface area (Å²) in [7, 11) is 1.80. The van der Waals surface area contributed by atoms with E-state index >= 15 is 0 Å². The molecule has 0 aliphatic carbocycles. The van der Waals surface area contributed by atoms with Crippen LogP contribution in [0.3, 0.4) is 0 Å². The number of hydrogen-bond acceptors (Lipinski definition) is 4. The minimum atomic E-state index is -1.64. The van der Waals surface area contributed by atoms with Gasteiger partial charge in [-0.2, -0.15) is 5.10 Å². The lowest BCUT2D eigenvalue weighted by Crippen LogP contribution is -2.60. The molecule has 0 spiro atoms. The normalized spacial score (nSPS) is 19.4. The van der Waals surface area contributed by atoms with E-state index in [1.165, 1.54) is 6.92 Å². The van der Waals surface area contributed by atoms with Crippen LogP contribution in [0.2, 0.25) is 0 Å². The van der Waals surface area contributed by atoms with Gasteiger partial charge in [0.25, 0.3) is 17.4 Å². The van der Waals surface area contributed by atoms with Gasteiger partial charge in [0.2, 0.25) is 0 Å². The first-order valence-electron chi connectivity index (χ1n) is 8.21. The summed E-state index contributed by atoms with van der Waals surface area (Å²) in [4.78, 5) is 27.5. The van der Waals surface area contributed by atoms with Crippen LogP contribution in [-0.2, 0) is 16.6 Å². The maximum atomic E-state index is 13.0. The molecule has 25 heavy (non-hydrogen) atoms. The molecule has 2 aromatic rings. The number of nitrogens with one attached hydrogen (secondary N) is 1. The van der Waals surface area contributed by atoms with Crippen molar-refractivity contribution >= 4 is 23.2 Å². The van der Waals surface area contributed by atoms with Crippen LogP contribution in [0.15, 0.2) is 24.3 Å². The van der Waals surface area contributed by atoms with Crippen LogP contribution < -0.4 is 15.0 Å². The summed E-state index contributed by atoms with van der Waals surface area (Å²) in [5.41, 5.74) is 1.14. The van der Waals surface area contributed by atoms with Gasteiger partial charge in [0, 0.05) is 13.6 Å². The fraction of sp³-hybridized carbons (Fsp3) is 0.389. The number of nitrogens with zero attached hydrogens (tertiary/aromatic N) is 3. The Morgan fingerprint density at radius 2 is 2.00 bits per heavy atom.